The molecule has 0 bridgehead atoms. The summed E-state index contributed by atoms with van der Waals surface area (Å²) in [5, 5.41) is 20.0. The van der Waals surface area contributed by atoms with Crippen molar-refractivity contribution in [3.05, 3.63) is 0 Å². The summed E-state index contributed by atoms with van der Waals surface area (Å²) in [6.45, 7) is 6.14. The normalized spacial score (nSPS) is 21.5. The van der Waals surface area contributed by atoms with Gasteiger partial charge >= 0.3 is 0 Å². The molecular weight excluding hydrogens is 212 g/mol. The fourth-order valence-corrected chi connectivity index (χ4v) is 2.33. The van der Waals surface area contributed by atoms with E-state index in [2.05, 4.69) is 11.8 Å². The maximum Gasteiger partial charge on any atom is 0.0910 e. The largest absolute Gasteiger partial charge is 0.390 e. The topological polar surface area (TPSA) is 40.5 Å². The van der Waals surface area contributed by atoms with Crippen LogP contribution in [0.3, 0.4) is 0 Å². The Morgan fingerprint density at radius 2 is 1.71 bits per heavy atom. The lowest BCUT2D eigenvalue weighted by Crippen LogP contribution is -2.34. The van der Waals surface area contributed by atoms with E-state index in [4.69, 9.17) is 0 Å². The molecule has 1 aliphatic rings. The highest BCUT2D eigenvalue weighted by molar-refractivity contribution is 5.08. The first-order valence-corrected chi connectivity index (χ1v) is 6.76. The lowest BCUT2D eigenvalue weighted by Gasteiger charge is -2.29. The number of aliphatic hydroxyl groups is 2. The molecule has 2 N–H and O–H groups in total. The van der Waals surface area contributed by atoms with E-state index in [1.165, 1.54) is 19.3 Å². The summed E-state index contributed by atoms with van der Waals surface area (Å²) in [7, 11) is 0. The highest BCUT2D eigenvalue weighted by Gasteiger charge is 2.26. The highest BCUT2D eigenvalue weighted by Crippen LogP contribution is 2.28. The van der Waals surface area contributed by atoms with Crippen LogP contribution < -0.4 is 0 Å². The molecule has 1 aliphatic carbocycles. The fraction of sp³-hybridized carbons (Fsp3) is 0.867. The lowest BCUT2D eigenvalue weighted by atomic mass is 9.83. The van der Waals surface area contributed by atoms with E-state index < -0.39 is 12.2 Å². The first kappa shape index (κ1) is 14.5. The van der Waals surface area contributed by atoms with Gasteiger partial charge in [-0.05, 0) is 39.5 Å². The van der Waals surface area contributed by atoms with Crippen molar-refractivity contribution >= 4 is 0 Å². The van der Waals surface area contributed by atoms with Gasteiger partial charge in [-0.3, -0.25) is 0 Å². The van der Waals surface area contributed by atoms with Crippen LogP contribution in [0.2, 0.25) is 0 Å². The molecule has 1 rings (SSSR count). The monoisotopic (exact) mass is 238 g/mol. The zero-order chi connectivity index (χ0) is 12.9. The van der Waals surface area contributed by atoms with Crippen molar-refractivity contribution in [1.29, 1.82) is 0 Å². The van der Waals surface area contributed by atoms with E-state index in [0.29, 0.717) is 6.42 Å². The van der Waals surface area contributed by atoms with Crippen molar-refractivity contribution in [2.75, 3.05) is 0 Å². The van der Waals surface area contributed by atoms with E-state index >= 15 is 0 Å². The van der Waals surface area contributed by atoms with Crippen LogP contribution in [0.1, 0.15) is 59.3 Å². The van der Waals surface area contributed by atoms with Gasteiger partial charge in [-0.1, -0.05) is 31.1 Å². The molecule has 0 amide bonds. The van der Waals surface area contributed by atoms with Gasteiger partial charge in [-0.25, -0.2) is 0 Å². The fourth-order valence-electron chi connectivity index (χ4n) is 2.33. The number of aliphatic hydroxyl groups excluding tert-OH is 2. The molecule has 2 heteroatoms. The average molecular weight is 238 g/mol. The Bertz CT molecular complexity index is 274. The first-order chi connectivity index (χ1) is 7.90. The van der Waals surface area contributed by atoms with Crippen LogP contribution in [0.25, 0.3) is 0 Å². The minimum Gasteiger partial charge on any atom is -0.390 e. The summed E-state index contributed by atoms with van der Waals surface area (Å²) in [5.74, 6) is 6.35. The van der Waals surface area contributed by atoms with Crippen LogP contribution in [0.15, 0.2) is 0 Å². The van der Waals surface area contributed by atoms with E-state index in [1.54, 1.807) is 0 Å². The molecule has 0 radical (unpaired) electrons. The predicted molar refractivity (Wildman–Crippen MR) is 70.4 cm³/mol. The van der Waals surface area contributed by atoms with Gasteiger partial charge in [-0.2, -0.15) is 0 Å². The van der Waals surface area contributed by atoms with Crippen molar-refractivity contribution in [3.8, 4) is 11.8 Å². The second-order valence-corrected chi connectivity index (χ2v) is 6.21. The minimum atomic E-state index is -0.687. The quantitative estimate of drug-likeness (QED) is 0.742. The van der Waals surface area contributed by atoms with E-state index in [1.807, 2.05) is 20.8 Å². The van der Waals surface area contributed by atoms with E-state index in [9.17, 15) is 10.2 Å². The van der Waals surface area contributed by atoms with Crippen LogP contribution in [0, 0.1) is 23.2 Å². The van der Waals surface area contributed by atoms with Crippen LogP contribution in [0.5, 0.6) is 0 Å². The van der Waals surface area contributed by atoms with Crippen LogP contribution in [0.4, 0.5) is 0 Å². The van der Waals surface area contributed by atoms with Gasteiger partial charge in [-0.15, -0.1) is 0 Å². The van der Waals surface area contributed by atoms with Crippen molar-refractivity contribution in [1.82, 2.24) is 0 Å². The molecule has 0 saturated heterocycles. The van der Waals surface area contributed by atoms with Gasteiger partial charge < -0.3 is 10.2 Å². The van der Waals surface area contributed by atoms with Crippen LogP contribution in [-0.2, 0) is 0 Å². The second kappa shape index (κ2) is 6.42. The Kier molecular flexibility index (Phi) is 5.49. The maximum atomic E-state index is 10.1. The zero-order valence-electron chi connectivity index (χ0n) is 11.4. The van der Waals surface area contributed by atoms with Crippen molar-refractivity contribution < 1.29 is 10.2 Å². The lowest BCUT2D eigenvalue weighted by molar-refractivity contribution is -0.0241. The molecule has 1 saturated carbocycles. The number of hydrogen-bond acceptors (Lipinski definition) is 2. The van der Waals surface area contributed by atoms with Gasteiger partial charge in [0.2, 0.25) is 0 Å². The molecule has 1 fully saturated rings. The standard InChI is InChI=1S/C15H26O2/c1-15(2,3)11-7-10-13(16)14(17)12-8-5-4-6-9-12/h12-14,16-17H,4-6,8-10H2,1-3H3. The summed E-state index contributed by atoms with van der Waals surface area (Å²) in [6.07, 6.45) is 4.83. The summed E-state index contributed by atoms with van der Waals surface area (Å²) in [5.41, 5.74) is -0.0322. The Labute approximate surface area is 105 Å². The second-order valence-electron chi connectivity index (χ2n) is 6.21. The number of hydrogen-bond donors (Lipinski definition) is 2. The smallest absolute Gasteiger partial charge is 0.0910 e. The Balaban J connectivity index is 2.40. The minimum absolute atomic E-state index is 0.0322. The molecule has 0 aromatic rings. The van der Waals surface area contributed by atoms with Gasteiger partial charge in [0.15, 0.2) is 0 Å². The summed E-state index contributed by atoms with van der Waals surface area (Å²) >= 11 is 0. The predicted octanol–water partition coefficient (Wildman–Crippen LogP) is 2.73. The molecule has 2 atom stereocenters. The first-order valence-electron chi connectivity index (χ1n) is 6.76. The van der Waals surface area contributed by atoms with Crippen molar-refractivity contribution in [2.45, 2.75) is 71.5 Å². The Morgan fingerprint density at radius 3 is 2.24 bits per heavy atom. The molecule has 0 aromatic heterocycles. The Hall–Kier alpha value is -0.520. The van der Waals surface area contributed by atoms with Gasteiger partial charge in [0.25, 0.3) is 0 Å². The maximum absolute atomic E-state index is 10.1. The van der Waals surface area contributed by atoms with E-state index in [-0.39, 0.29) is 11.3 Å². The SMILES string of the molecule is CC(C)(C)C#CCC(O)C(O)C1CCCCC1. The Morgan fingerprint density at radius 1 is 1.12 bits per heavy atom. The third-order valence-corrected chi connectivity index (χ3v) is 3.30. The molecule has 2 nitrogen and oxygen atoms in total. The van der Waals surface area contributed by atoms with Crippen LogP contribution >= 0.6 is 0 Å². The molecule has 0 aromatic carbocycles. The highest BCUT2D eigenvalue weighted by atomic mass is 16.3. The van der Waals surface area contributed by atoms with E-state index in [0.717, 1.165) is 12.8 Å². The average Bonchev–Trinajstić information content (AvgIpc) is 2.27. The zero-order valence-corrected chi connectivity index (χ0v) is 11.4. The third-order valence-electron chi connectivity index (χ3n) is 3.30. The molecule has 17 heavy (non-hydrogen) atoms. The van der Waals surface area contributed by atoms with Crippen LogP contribution in [-0.4, -0.2) is 22.4 Å². The molecule has 0 spiro atoms. The number of rotatable bonds is 3. The summed E-state index contributed by atoms with van der Waals surface area (Å²) in [6, 6.07) is 0. The molecule has 0 heterocycles. The molecular formula is C15H26O2. The third kappa shape index (κ3) is 5.57. The van der Waals surface area contributed by atoms with Gasteiger partial charge in [0, 0.05) is 11.8 Å². The molecule has 0 aliphatic heterocycles. The summed E-state index contributed by atoms with van der Waals surface area (Å²) < 4.78 is 0. The van der Waals surface area contributed by atoms with Gasteiger partial charge in [0.05, 0.1) is 12.2 Å². The van der Waals surface area contributed by atoms with Gasteiger partial charge in [0.1, 0.15) is 0 Å². The summed E-state index contributed by atoms with van der Waals surface area (Å²) in [4.78, 5) is 0. The van der Waals surface area contributed by atoms with Crippen molar-refractivity contribution in [2.24, 2.45) is 11.3 Å². The van der Waals surface area contributed by atoms with Crippen molar-refractivity contribution in [3.63, 3.8) is 0 Å². The molecule has 2 unspecified atom stereocenters. The molecule has 98 valence electrons.